The number of hydrogen-bond donors (Lipinski definition) is 1. The summed E-state index contributed by atoms with van der Waals surface area (Å²) >= 11 is 0. The zero-order valence-electron chi connectivity index (χ0n) is 13.6. The van der Waals surface area contributed by atoms with E-state index in [0.717, 1.165) is 11.3 Å². The second kappa shape index (κ2) is 7.53. The molecule has 0 saturated heterocycles. The summed E-state index contributed by atoms with van der Waals surface area (Å²) in [6.45, 7) is 2.18. The number of benzene rings is 2. The van der Waals surface area contributed by atoms with Crippen LogP contribution in [0.25, 0.3) is 0 Å². The maximum atomic E-state index is 12.9. The number of rotatable bonds is 5. The van der Waals surface area contributed by atoms with Gasteiger partial charge in [-0.15, -0.1) is 0 Å². The number of amides is 1. The highest BCUT2D eigenvalue weighted by atomic mass is 19.1. The molecule has 0 aliphatic carbocycles. The number of hydrogen-bond acceptors (Lipinski definition) is 4. The maximum Gasteiger partial charge on any atom is 0.271 e. The highest BCUT2D eigenvalue weighted by Crippen LogP contribution is 2.21. The summed E-state index contributed by atoms with van der Waals surface area (Å²) in [5.41, 5.74) is 1.95. The summed E-state index contributed by atoms with van der Waals surface area (Å²) in [6.07, 6.45) is 3.00. The van der Waals surface area contributed by atoms with Crippen LogP contribution in [0.4, 0.5) is 4.39 Å². The number of nitrogens with one attached hydrogen (secondary N) is 1. The average molecular weight is 337 g/mol. The molecule has 126 valence electrons. The predicted octanol–water partition coefficient (Wildman–Crippen LogP) is 3.65. The van der Waals surface area contributed by atoms with Crippen molar-refractivity contribution in [2.24, 2.45) is 0 Å². The van der Waals surface area contributed by atoms with Crippen molar-refractivity contribution >= 4 is 5.91 Å². The van der Waals surface area contributed by atoms with Crippen molar-refractivity contribution in [1.82, 2.24) is 15.3 Å². The molecule has 1 amide bonds. The lowest BCUT2D eigenvalue weighted by atomic mass is 10.2. The summed E-state index contributed by atoms with van der Waals surface area (Å²) in [5.74, 6) is 0.599. The van der Waals surface area contributed by atoms with Gasteiger partial charge in [-0.2, -0.15) is 0 Å². The number of carbonyl (C=O) groups is 1. The van der Waals surface area contributed by atoms with Gasteiger partial charge in [0.05, 0.1) is 11.9 Å². The molecule has 0 radical (unpaired) electrons. The quantitative estimate of drug-likeness (QED) is 0.772. The molecule has 1 heterocycles. The Balaban J connectivity index is 1.56. The van der Waals surface area contributed by atoms with E-state index in [-0.39, 0.29) is 17.4 Å². The first-order chi connectivity index (χ1) is 12.1. The predicted molar refractivity (Wildman–Crippen MR) is 90.9 cm³/mol. The Labute approximate surface area is 144 Å². The second-order valence-electron chi connectivity index (χ2n) is 5.43. The van der Waals surface area contributed by atoms with Crippen LogP contribution >= 0.6 is 0 Å². The highest BCUT2D eigenvalue weighted by Gasteiger charge is 2.07. The van der Waals surface area contributed by atoms with Gasteiger partial charge < -0.3 is 10.1 Å². The second-order valence-corrected chi connectivity index (χ2v) is 5.43. The van der Waals surface area contributed by atoms with Gasteiger partial charge in [0.1, 0.15) is 23.0 Å². The Morgan fingerprint density at radius 3 is 2.24 bits per heavy atom. The monoisotopic (exact) mass is 337 g/mol. The first-order valence-corrected chi connectivity index (χ1v) is 7.69. The Kier molecular flexibility index (Phi) is 4.99. The van der Waals surface area contributed by atoms with Crippen LogP contribution in [0, 0.1) is 12.7 Å². The molecule has 0 fully saturated rings. The molecule has 2 aromatic carbocycles. The largest absolute Gasteiger partial charge is 0.457 e. The van der Waals surface area contributed by atoms with E-state index in [0.29, 0.717) is 18.0 Å². The topological polar surface area (TPSA) is 64.1 Å². The lowest BCUT2D eigenvalue weighted by Gasteiger charge is -2.08. The van der Waals surface area contributed by atoms with Crippen LogP contribution in [0.2, 0.25) is 0 Å². The lowest BCUT2D eigenvalue weighted by molar-refractivity contribution is 0.0945. The molecule has 1 N–H and O–H groups in total. The van der Waals surface area contributed by atoms with Gasteiger partial charge in [-0.3, -0.25) is 9.78 Å². The fourth-order valence-electron chi connectivity index (χ4n) is 2.10. The first kappa shape index (κ1) is 16.6. The summed E-state index contributed by atoms with van der Waals surface area (Å²) in [6, 6.07) is 13.1. The molecule has 3 rings (SSSR count). The molecule has 0 aliphatic rings. The van der Waals surface area contributed by atoms with E-state index in [4.69, 9.17) is 4.74 Å². The zero-order chi connectivity index (χ0) is 17.6. The fraction of sp³-hybridized carbons (Fsp3) is 0.105. The van der Waals surface area contributed by atoms with Gasteiger partial charge in [-0.05, 0) is 48.9 Å². The van der Waals surface area contributed by atoms with E-state index >= 15 is 0 Å². The number of aryl methyl sites for hydroxylation is 1. The Hall–Kier alpha value is -3.28. The molecule has 0 bridgehead atoms. The van der Waals surface area contributed by atoms with Gasteiger partial charge in [0.25, 0.3) is 5.91 Å². The van der Waals surface area contributed by atoms with Crippen molar-refractivity contribution in [3.63, 3.8) is 0 Å². The normalized spacial score (nSPS) is 10.3. The van der Waals surface area contributed by atoms with Crippen molar-refractivity contribution in [2.75, 3.05) is 0 Å². The van der Waals surface area contributed by atoms with Crippen LogP contribution in [0.15, 0.2) is 60.9 Å². The summed E-state index contributed by atoms with van der Waals surface area (Å²) in [5, 5.41) is 2.79. The van der Waals surface area contributed by atoms with Crippen LogP contribution in [0.1, 0.15) is 21.7 Å². The molecule has 6 heteroatoms. The molecule has 0 atom stereocenters. The number of nitrogens with zero attached hydrogens (tertiary/aromatic N) is 2. The van der Waals surface area contributed by atoms with Crippen LogP contribution < -0.4 is 10.1 Å². The SMILES string of the molecule is Cc1cnc(C(=O)NCc2ccc(Oc3ccc(F)cc3)cc2)cn1. The molecule has 0 unspecified atom stereocenters. The van der Waals surface area contributed by atoms with E-state index in [2.05, 4.69) is 15.3 Å². The smallest absolute Gasteiger partial charge is 0.271 e. The van der Waals surface area contributed by atoms with Crippen LogP contribution in [-0.2, 0) is 6.54 Å². The summed E-state index contributed by atoms with van der Waals surface area (Å²) in [4.78, 5) is 20.1. The van der Waals surface area contributed by atoms with Gasteiger partial charge in [-0.1, -0.05) is 12.1 Å². The Morgan fingerprint density at radius 2 is 1.64 bits per heavy atom. The minimum Gasteiger partial charge on any atom is -0.457 e. The van der Waals surface area contributed by atoms with Gasteiger partial charge in [-0.25, -0.2) is 9.37 Å². The van der Waals surface area contributed by atoms with Crippen molar-refractivity contribution in [2.45, 2.75) is 13.5 Å². The van der Waals surface area contributed by atoms with Gasteiger partial charge in [0.15, 0.2) is 0 Å². The fourth-order valence-corrected chi connectivity index (χ4v) is 2.10. The Morgan fingerprint density at radius 1 is 1.00 bits per heavy atom. The molecular weight excluding hydrogens is 321 g/mol. The summed E-state index contributed by atoms with van der Waals surface area (Å²) in [7, 11) is 0. The number of ether oxygens (including phenoxy) is 1. The molecule has 0 saturated carbocycles. The van der Waals surface area contributed by atoms with Crippen molar-refractivity contribution in [1.29, 1.82) is 0 Å². The minimum atomic E-state index is -0.309. The van der Waals surface area contributed by atoms with E-state index < -0.39 is 0 Å². The molecule has 3 aromatic rings. The summed E-state index contributed by atoms with van der Waals surface area (Å²) < 4.78 is 18.5. The van der Waals surface area contributed by atoms with E-state index in [1.165, 1.54) is 18.3 Å². The maximum absolute atomic E-state index is 12.9. The van der Waals surface area contributed by atoms with Crippen LogP contribution in [0.3, 0.4) is 0 Å². The molecular formula is C19H16FN3O2. The molecule has 0 aliphatic heterocycles. The lowest BCUT2D eigenvalue weighted by Crippen LogP contribution is -2.24. The van der Waals surface area contributed by atoms with Gasteiger partial charge in [0, 0.05) is 12.7 Å². The van der Waals surface area contributed by atoms with Crippen molar-refractivity contribution < 1.29 is 13.9 Å². The average Bonchev–Trinajstić information content (AvgIpc) is 2.63. The Bertz CT molecular complexity index is 847. The third kappa shape index (κ3) is 4.60. The zero-order valence-corrected chi connectivity index (χ0v) is 13.6. The number of halogens is 1. The van der Waals surface area contributed by atoms with E-state index in [9.17, 15) is 9.18 Å². The van der Waals surface area contributed by atoms with Crippen LogP contribution in [-0.4, -0.2) is 15.9 Å². The standard InChI is InChI=1S/C19H16FN3O2/c1-13-10-22-18(12-21-13)19(24)23-11-14-2-6-16(7-3-14)25-17-8-4-15(20)5-9-17/h2-10,12H,11H2,1H3,(H,23,24). The molecule has 5 nitrogen and oxygen atoms in total. The molecule has 0 spiro atoms. The number of carbonyl (C=O) groups excluding carboxylic acids is 1. The van der Waals surface area contributed by atoms with E-state index in [1.54, 1.807) is 30.5 Å². The van der Waals surface area contributed by atoms with Crippen LogP contribution in [0.5, 0.6) is 11.5 Å². The first-order valence-electron chi connectivity index (χ1n) is 7.69. The molecule has 25 heavy (non-hydrogen) atoms. The highest BCUT2D eigenvalue weighted by molar-refractivity contribution is 5.91. The molecule has 1 aromatic heterocycles. The van der Waals surface area contributed by atoms with Crippen molar-refractivity contribution in [3.05, 3.63) is 83.7 Å². The number of aromatic nitrogens is 2. The van der Waals surface area contributed by atoms with Gasteiger partial charge in [0.2, 0.25) is 0 Å². The third-order valence-electron chi connectivity index (χ3n) is 3.44. The minimum absolute atomic E-state index is 0.279. The van der Waals surface area contributed by atoms with Gasteiger partial charge >= 0.3 is 0 Å². The third-order valence-corrected chi connectivity index (χ3v) is 3.44. The van der Waals surface area contributed by atoms with Crippen molar-refractivity contribution in [3.8, 4) is 11.5 Å². The van der Waals surface area contributed by atoms with E-state index in [1.807, 2.05) is 19.1 Å².